The van der Waals surface area contributed by atoms with Crippen molar-refractivity contribution in [3.63, 3.8) is 0 Å². The third-order valence-electron chi connectivity index (χ3n) is 14.4. The van der Waals surface area contributed by atoms with E-state index in [9.17, 15) is 14.4 Å². The number of unbranched alkanes of at least 4 members (excludes halogenated alkanes) is 35. The Morgan fingerprint density at radius 2 is 0.506 bits per heavy atom. The van der Waals surface area contributed by atoms with Gasteiger partial charge in [-0.1, -0.05) is 305 Å². The fraction of sp³-hybridized carbons (Fsp3) is 0.761. The van der Waals surface area contributed by atoms with Crippen LogP contribution in [-0.2, 0) is 28.6 Å². The highest BCUT2D eigenvalue weighted by molar-refractivity contribution is 5.71. The molecular weight excluding hydrogens is 949 g/mol. The Morgan fingerprint density at radius 1 is 0.273 bits per heavy atom. The molecule has 0 bridgehead atoms. The highest BCUT2D eigenvalue weighted by Gasteiger charge is 2.19. The van der Waals surface area contributed by atoms with Gasteiger partial charge in [0.25, 0.3) is 0 Å². The van der Waals surface area contributed by atoms with Crippen LogP contribution in [0.3, 0.4) is 0 Å². The fourth-order valence-corrected chi connectivity index (χ4v) is 9.51. The lowest BCUT2D eigenvalue weighted by Crippen LogP contribution is -2.30. The van der Waals surface area contributed by atoms with Crippen LogP contribution in [0.4, 0.5) is 0 Å². The molecule has 0 aromatic carbocycles. The third-order valence-corrected chi connectivity index (χ3v) is 14.4. The molecule has 1 atom stereocenters. The van der Waals surface area contributed by atoms with Crippen molar-refractivity contribution in [3.8, 4) is 0 Å². The summed E-state index contributed by atoms with van der Waals surface area (Å²) in [6, 6.07) is 0. The first-order chi connectivity index (χ1) is 38.0. The number of carbonyl (C=O) groups excluding carboxylic acids is 3. The number of carbonyl (C=O) groups is 3. The summed E-state index contributed by atoms with van der Waals surface area (Å²) in [6.07, 6.45) is 86.0. The Bertz CT molecular complexity index is 1470. The molecule has 0 aliphatic rings. The lowest BCUT2D eigenvalue weighted by Gasteiger charge is -2.18. The van der Waals surface area contributed by atoms with E-state index in [0.717, 1.165) is 109 Å². The van der Waals surface area contributed by atoms with Crippen molar-refractivity contribution in [1.82, 2.24) is 0 Å². The highest BCUT2D eigenvalue weighted by atomic mass is 16.6. The average Bonchev–Trinajstić information content (AvgIpc) is 3.43. The summed E-state index contributed by atoms with van der Waals surface area (Å²) in [6.45, 7) is 6.43. The summed E-state index contributed by atoms with van der Waals surface area (Å²) in [7, 11) is 0. The van der Waals surface area contributed by atoms with Crippen LogP contribution in [0.15, 0.2) is 85.1 Å². The van der Waals surface area contributed by atoms with Gasteiger partial charge in [-0.25, -0.2) is 0 Å². The Hall–Kier alpha value is -3.41. The second-order valence-electron chi connectivity index (χ2n) is 22.0. The van der Waals surface area contributed by atoms with Gasteiger partial charge in [-0.15, -0.1) is 0 Å². The first-order valence-corrected chi connectivity index (χ1v) is 33.1. The summed E-state index contributed by atoms with van der Waals surface area (Å²) < 4.78 is 16.9. The Balaban J connectivity index is 4.30. The first-order valence-electron chi connectivity index (χ1n) is 33.1. The zero-order valence-electron chi connectivity index (χ0n) is 51.0. The van der Waals surface area contributed by atoms with Gasteiger partial charge in [-0.3, -0.25) is 14.4 Å². The highest BCUT2D eigenvalue weighted by Crippen LogP contribution is 2.17. The predicted molar refractivity (Wildman–Crippen MR) is 334 cm³/mol. The van der Waals surface area contributed by atoms with Crippen LogP contribution < -0.4 is 0 Å². The minimum absolute atomic E-state index is 0.0857. The quantitative estimate of drug-likeness (QED) is 0.0261. The van der Waals surface area contributed by atoms with Crippen LogP contribution in [-0.4, -0.2) is 37.2 Å². The summed E-state index contributed by atoms with van der Waals surface area (Å²) in [4.78, 5) is 38.3. The molecule has 0 amide bonds. The van der Waals surface area contributed by atoms with Crippen molar-refractivity contribution in [1.29, 1.82) is 0 Å². The predicted octanol–water partition coefficient (Wildman–Crippen LogP) is 22.7. The van der Waals surface area contributed by atoms with Gasteiger partial charge in [0.15, 0.2) is 6.10 Å². The molecule has 0 radical (unpaired) electrons. The summed E-state index contributed by atoms with van der Waals surface area (Å²) in [5.74, 6) is -0.904. The maximum atomic E-state index is 12.9. The lowest BCUT2D eigenvalue weighted by atomic mass is 10.0. The Morgan fingerprint density at radius 3 is 0.805 bits per heavy atom. The smallest absolute Gasteiger partial charge is 0.306 e. The molecule has 0 aromatic rings. The molecule has 0 saturated carbocycles. The molecular formula is C71H124O6. The van der Waals surface area contributed by atoms with Gasteiger partial charge < -0.3 is 14.2 Å². The second-order valence-corrected chi connectivity index (χ2v) is 22.0. The van der Waals surface area contributed by atoms with E-state index in [1.54, 1.807) is 0 Å². The lowest BCUT2D eigenvalue weighted by molar-refractivity contribution is -0.167. The van der Waals surface area contributed by atoms with E-state index < -0.39 is 6.10 Å². The van der Waals surface area contributed by atoms with E-state index in [-0.39, 0.29) is 31.1 Å². The standard InChI is InChI=1S/C71H124O6/c1-4-7-10-13-16-19-22-25-27-29-31-33-35-37-39-41-43-46-49-52-55-58-61-64-70(73)76-67-68(66-75-69(72)63-60-57-54-51-48-45-24-21-18-15-12-9-6-3)77-71(74)65-62-59-56-53-50-47-44-42-40-38-36-34-32-30-28-26-23-20-17-14-11-8-5-2/h7,9-10,12,16,18-19,21,25,27,31,33,45,48,68H,4-6,8,11,13-15,17,20,22-24,26,28-30,32,34-44,46-47,49-67H2,1-3H3/b10-7-,12-9-,19-16-,21-18-,27-25-,33-31-,48-45-. The van der Waals surface area contributed by atoms with Crippen LogP contribution in [0.25, 0.3) is 0 Å². The molecule has 1 unspecified atom stereocenters. The normalized spacial score (nSPS) is 12.6. The number of esters is 3. The van der Waals surface area contributed by atoms with Crippen LogP contribution in [0.2, 0.25) is 0 Å². The summed E-state index contributed by atoms with van der Waals surface area (Å²) >= 11 is 0. The molecule has 0 aliphatic carbocycles. The molecule has 0 saturated heterocycles. The molecule has 0 rings (SSSR count). The van der Waals surface area contributed by atoms with Crippen LogP contribution in [0.5, 0.6) is 0 Å². The zero-order valence-corrected chi connectivity index (χ0v) is 51.0. The Kier molecular flexibility index (Phi) is 62.2. The molecule has 0 aliphatic heterocycles. The molecule has 444 valence electrons. The van der Waals surface area contributed by atoms with E-state index in [4.69, 9.17) is 14.2 Å². The van der Waals surface area contributed by atoms with E-state index in [0.29, 0.717) is 19.3 Å². The van der Waals surface area contributed by atoms with Crippen molar-refractivity contribution in [2.45, 2.75) is 335 Å². The molecule has 0 aromatic heterocycles. The van der Waals surface area contributed by atoms with Crippen LogP contribution >= 0.6 is 0 Å². The summed E-state index contributed by atoms with van der Waals surface area (Å²) in [5.41, 5.74) is 0. The van der Waals surface area contributed by atoms with Gasteiger partial charge in [-0.2, -0.15) is 0 Å². The minimum atomic E-state index is -0.790. The Labute approximate surface area is 477 Å². The number of hydrogen-bond acceptors (Lipinski definition) is 6. The zero-order chi connectivity index (χ0) is 55.7. The largest absolute Gasteiger partial charge is 0.462 e. The van der Waals surface area contributed by atoms with Crippen molar-refractivity contribution >= 4 is 17.9 Å². The van der Waals surface area contributed by atoms with Crippen molar-refractivity contribution in [2.24, 2.45) is 0 Å². The van der Waals surface area contributed by atoms with Gasteiger partial charge in [-0.05, 0) is 89.9 Å². The molecule has 0 fully saturated rings. The molecule has 0 N–H and O–H groups in total. The van der Waals surface area contributed by atoms with Gasteiger partial charge in [0, 0.05) is 19.3 Å². The van der Waals surface area contributed by atoms with Crippen LogP contribution in [0, 0.1) is 0 Å². The van der Waals surface area contributed by atoms with Crippen molar-refractivity contribution < 1.29 is 28.6 Å². The van der Waals surface area contributed by atoms with Gasteiger partial charge in [0.2, 0.25) is 0 Å². The van der Waals surface area contributed by atoms with E-state index in [2.05, 4.69) is 106 Å². The van der Waals surface area contributed by atoms with Crippen LogP contribution in [0.1, 0.15) is 329 Å². The van der Waals surface area contributed by atoms with Gasteiger partial charge in [0.1, 0.15) is 13.2 Å². The van der Waals surface area contributed by atoms with Gasteiger partial charge >= 0.3 is 17.9 Å². The van der Waals surface area contributed by atoms with E-state index in [1.807, 2.05) is 0 Å². The second kappa shape index (κ2) is 65.1. The van der Waals surface area contributed by atoms with Crippen molar-refractivity contribution in [3.05, 3.63) is 85.1 Å². The van der Waals surface area contributed by atoms with E-state index in [1.165, 1.54) is 180 Å². The SMILES string of the molecule is CC/C=C\C/C=C\C/C=C\C/C=C\CCCCCCCCCCCCC(=O)OCC(COC(=O)CCCCC/C=C\C/C=C\C/C=C\CC)OC(=O)CCCCCCCCCCCCCCCCCCCCCCCCC. The third kappa shape index (κ3) is 63.3. The number of ether oxygens (including phenoxy) is 3. The number of hydrogen-bond donors (Lipinski definition) is 0. The van der Waals surface area contributed by atoms with Crippen molar-refractivity contribution in [2.75, 3.05) is 13.2 Å². The average molecular weight is 1070 g/mol. The fourth-order valence-electron chi connectivity index (χ4n) is 9.51. The first kappa shape index (κ1) is 73.6. The maximum absolute atomic E-state index is 12.9. The summed E-state index contributed by atoms with van der Waals surface area (Å²) in [5, 5.41) is 0. The number of allylic oxidation sites excluding steroid dienone is 14. The monoisotopic (exact) mass is 1070 g/mol. The topological polar surface area (TPSA) is 78.9 Å². The molecule has 77 heavy (non-hydrogen) atoms. The molecule has 6 heteroatoms. The van der Waals surface area contributed by atoms with E-state index >= 15 is 0 Å². The van der Waals surface area contributed by atoms with Gasteiger partial charge in [0.05, 0.1) is 0 Å². The molecule has 0 heterocycles. The number of rotatable bonds is 60. The minimum Gasteiger partial charge on any atom is -0.462 e. The molecule has 0 spiro atoms. The maximum Gasteiger partial charge on any atom is 0.306 e. The molecule has 6 nitrogen and oxygen atoms in total.